The highest BCUT2D eigenvalue weighted by molar-refractivity contribution is 7.98. The standard InChI is InChI=1S/C25H25FN2O3S2/c26-21-8-12-24(13-9-21)33(30,31)28-16-14-20(15-17-28)25(29)27-22-10-6-19(7-11-22)18-32-23-4-2-1-3-5-23/h1-13,20H,14-18H2,(H,27,29). The molecule has 0 aliphatic carbocycles. The van der Waals surface area contributed by atoms with Gasteiger partial charge in [-0.2, -0.15) is 4.31 Å². The van der Waals surface area contributed by atoms with Gasteiger partial charge in [0.25, 0.3) is 0 Å². The maximum absolute atomic E-state index is 13.1. The van der Waals surface area contributed by atoms with E-state index in [-0.39, 0.29) is 29.8 Å². The Morgan fingerprint density at radius 2 is 1.58 bits per heavy atom. The Kier molecular flexibility index (Phi) is 7.47. The normalized spacial score (nSPS) is 15.3. The molecule has 3 aromatic carbocycles. The number of hydrogen-bond donors (Lipinski definition) is 1. The first-order valence-corrected chi connectivity index (χ1v) is 13.2. The number of rotatable bonds is 7. The van der Waals surface area contributed by atoms with Crippen LogP contribution >= 0.6 is 11.8 Å². The van der Waals surface area contributed by atoms with Crippen LogP contribution in [0.2, 0.25) is 0 Å². The van der Waals surface area contributed by atoms with Crippen molar-refractivity contribution in [2.24, 2.45) is 5.92 Å². The SMILES string of the molecule is O=C(Nc1ccc(CSc2ccccc2)cc1)C1CCN(S(=O)(=O)c2ccc(F)cc2)CC1. The van der Waals surface area contributed by atoms with Gasteiger partial charge in [-0.3, -0.25) is 4.79 Å². The van der Waals surface area contributed by atoms with Gasteiger partial charge in [-0.1, -0.05) is 30.3 Å². The van der Waals surface area contributed by atoms with Gasteiger partial charge in [-0.25, -0.2) is 12.8 Å². The minimum atomic E-state index is -3.68. The molecule has 0 bridgehead atoms. The lowest BCUT2D eigenvalue weighted by molar-refractivity contribution is -0.120. The molecule has 4 rings (SSSR count). The molecule has 3 aromatic rings. The molecule has 8 heteroatoms. The molecule has 0 saturated carbocycles. The fourth-order valence-electron chi connectivity index (χ4n) is 3.73. The Hall–Kier alpha value is -2.68. The van der Waals surface area contributed by atoms with Crippen molar-refractivity contribution in [2.75, 3.05) is 18.4 Å². The number of hydrogen-bond acceptors (Lipinski definition) is 4. The predicted molar refractivity (Wildman–Crippen MR) is 129 cm³/mol. The third-order valence-corrected chi connectivity index (χ3v) is 8.64. The van der Waals surface area contributed by atoms with Gasteiger partial charge in [0, 0.05) is 35.3 Å². The number of halogens is 1. The first-order chi connectivity index (χ1) is 15.9. The van der Waals surface area contributed by atoms with Crippen LogP contribution in [-0.4, -0.2) is 31.7 Å². The van der Waals surface area contributed by atoms with Crippen molar-refractivity contribution in [1.82, 2.24) is 4.31 Å². The van der Waals surface area contributed by atoms with E-state index in [4.69, 9.17) is 0 Å². The smallest absolute Gasteiger partial charge is 0.243 e. The summed E-state index contributed by atoms with van der Waals surface area (Å²) in [5.74, 6) is 0.0182. The fraction of sp³-hybridized carbons (Fsp3) is 0.240. The average Bonchev–Trinajstić information content (AvgIpc) is 2.84. The van der Waals surface area contributed by atoms with Crippen LogP contribution in [0.25, 0.3) is 0 Å². The lowest BCUT2D eigenvalue weighted by Gasteiger charge is -2.30. The Labute approximate surface area is 198 Å². The molecule has 33 heavy (non-hydrogen) atoms. The topological polar surface area (TPSA) is 66.5 Å². The van der Waals surface area contributed by atoms with E-state index in [1.165, 1.54) is 26.9 Å². The van der Waals surface area contributed by atoms with Gasteiger partial charge >= 0.3 is 0 Å². The van der Waals surface area contributed by atoms with Crippen LogP contribution in [0.3, 0.4) is 0 Å². The van der Waals surface area contributed by atoms with Gasteiger partial charge < -0.3 is 5.32 Å². The van der Waals surface area contributed by atoms with Crippen LogP contribution in [0, 0.1) is 11.7 Å². The molecule has 0 aromatic heterocycles. The highest BCUT2D eigenvalue weighted by atomic mass is 32.2. The van der Waals surface area contributed by atoms with Gasteiger partial charge in [0.1, 0.15) is 5.82 Å². The second kappa shape index (κ2) is 10.5. The Morgan fingerprint density at radius 1 is 0.939 bits per heavy atom. The first kappa shape index (κ1) is 23.5. The van der Waals surface area contributed by atoms with Crippen molar-refractivity contribution in [2.45, 2.75) is 28.4 Å². The molecule has 1 amide bonds. The summed E-state index contributed by atoms with van der Waals surface area (Å²) < 4.78 is 40.0. The number of sulfonamides is 1. The van der Waals surface area contributed by atoms with Gasteiger partial charge in [0.2, 0.25) is 15.9 Å². The number of amides is 1. The number of piperidine rings is 1. The molecule has 1 fully saturated rings. The second-order valence-corrected chi connectivity index (χ2v) is 10.9. The second-order valence-electron chi connectivity index (χ2n) is 7.92. The lowest BCUT2D eigenvalue weighted by Crippen LogP contribution is -2.41. The Morgan fingerprint density at radius 3 is 2.21 bits per heavy atom. The zero-order valence-corrected chi connectivity index (χ0v) is 19.6. The van der Waals surface area contributed by atoms with Crippen molar-refractivity contribution in [3.63, 3.8) is 0 Å². The third kappa shape index (κ3) is 6.01. The molecule has 172 valence electrons. The molecule has 1 aliphatic rings. The van der Waals surface area contributed by atoms with Crippen LogP contribution in [0.1, 0.15) is 18.4 Å². The van der Waals surface area contributed by atoms with E-state index in [1.54, 1.807) is 11.8 Å². The molecule has 1 heterocycles. The molecule has 0 radical (unpaired) electrons. The zero-order valence-electron chi connectivity index (χ0n) is 18.0. The molecular weight excluding hydrogens is 459 g/mol. The molecule has 0 unspecified atom stereocenters. The summed E-state index contributed by atoms with van der Waals surface area (Å²) in [4.78, 5) is 14.0. The van der Waals surface area contributed by atoms with E-state index < -0.39 is 15.8 Å². The van der Waals surface area contributed by atoms with E-state index in [1.807, 2.05) is 42.5 Å². The molecule has 1 aliphatic heterocycles. The van der Waals surface area contributed by atoms with Crippen molar-refractivity contribution < 1.29 is 17.6 Å². The Balaban J connectivity index is 1.28. The highest BCUT2D eigenvalue weighted by Gasteiger charge is 2.32. The Bertz CT molecular complexity index is 1180. The van der Waals surface area contributed by atoms with E-state index in [2.05, 4.69) is 17.4 Å². The summed E-state index contributed by atoms with van der Waals surface area (Å²) in [7, 11) is -3.68. The minimum Gasteiger partial charge on any atom is -0.326 e. The zero-order chi connectivity index (χ0) is 23.3. The van der Waals surface area contributed by atoms with Crippen LogP contribution in [0.4, 0.5) is 10.1 Å². The summed E-state index contributed by atoms with van der Waals surface area (Å²) in [6.45, 7) is 0.515. The molecule has 1 saturated heterocycles. The minimum absolute atomic E-state index is 0.0670. The maximum atomic E-state index is 13.1. The maximum Gasteiger partial charge on any atom is 0.243 e. The molecular formula is C25H25FN2O3S2. The monoisotopic (exact) mass is 484 g/mol. The molecule has 1 N–H and O–H groups in total. The molecule has 0 spiro atoms. The van der Waals surface area contributed by atoms with Crippen molar-refractivity contribution in [1.29, 1.82) is 0 Å². The van der Waals surface area contributed by atoms with Crippen molar-refractivity contribution in [3.05, 3.63) is 90.2 Å². The number of nitrogens with one attached hydrogen (secondary N) is 1. The van der Waals surface area contributed by atoms with E-state index in [0.29, 0.717) is 12.8 Å². The lowest BCUT2D eigenvalue weighted by atomic mass is 9.97. The van der Waals surface area contributed by atoms with Gasteiger partial charge in [-0.15, -0.1) is 11.8 Å². The number of benzene rings is 3. The number of anilines is 1. The first-order valence-electron chi connectivity index (χ1n) is 10.8. The van der Waals surface area contributed by atoms with E-state index in [0.717, 1.165) is 23.6 Å². The van der Waals surface area contributed by atoms with Gasteiger partial charge in [0.15, 0.2) is 0 Å². The third-order valence-electron chi connectivity index (χ3n) is 5.65. The predicted octanol–water partition coefficient (Wildman–Crippen LogP) is 5.16. The van der Waals surface area contributed by atoms with E-state index >= 15 is 0 Å². The number of carbonyl (C=O) groups is 1. The van der Waals surface area contributed by atoms with Gasteiger partial charge in [0.05, 0.1) is 4.90 Å². The molecule has 5 nitrogen and oxygen atoms in total. The van der Waals surface area contributed by atoms with Crippen LogP contribution in [0.5, 0.6) is 0 Å². The van der Waals surface area contributed by atoms with Crippen molar-refractivity contribution in [3.8, 4) is 0 Å². The van der Waals surface area contributed by atoms with Gasteiger partial charge in [-0.05, 0) is 66.9 Å². The van der Waals surface area contributed by atoms with Crippen LogP contribution in [-0.2, 0) is 20.6 Å². The summed E-state index contributed by atoms with van der Waals surface area (Å²) in [6, 6.07) is 22.8. The number of carbonyl (C=O) groups excluding carboxylic acids is 1. The average molecular weight is 485 g/mol. The quantitative estimate of drug-likeness (QED) is 0.471. The van der Waals surface area contributed by atoms with Crippen molar-refractivity contribution >= 4 is 33.4 Å². The summed E-state index contributed by atoms with van der Waals surface area (Å²) in [5.41, 5.74) is 1.90. The van der Waals surface area contributed by atoms with Crippen LogP contribution in [0.15, 0.2) is 88.7 Å². The fourth-order valence-corrected chi connectivity index (χ4v) is 6.07. The van der Waals surface area contributed by atoms with E-state index in [9.17, 15) is 17.6 Å². The number of nitrogens with zero attached hydrogens (tertiary/aromatic N) is 1. The highest BCUT2D eigenvalue weighted by Crippen LogP contribution is 2.26. The summed E-state index contributed by atoms with van der Waals surface area (Å²) in [5, 5.41) is 2.95. The summed E-state index contributed by atoms with van der Waals surface area (Å²) >= 11 is 1.76. The number of thioether (sulfide) groups is 1. The van der Waals surface area contributed by atoms with Crippen LogP contribution < -0.4 is 5.32 Å². The largest absolute Gasteiger partial charge is 0.326 e. The molecule has 0 atom stereocenters. The summed E-state index contributed by atoms with van der Waals surface area (Å²) in [6.07, 6.45) is 0.885.